The molecular formula is C17H29BO5. The third kappa shape index (κ3) is 5.86. The summed E-state index contributed by atoms with van der Waals surface area (Å²) in [4.78, 5) is 22.8. The molecule has 0 fully saturated rings. The molecule has 0 amide bonds. The molecule has 5 nitrogen and oxygen atoms in total. The van der Waals surface area contributed by atoms with Crippen molar-refractivity contribution < 1.29 is 23.7 Å². The number of ether oxygens (including phenoxy) is 2. The van der Waals surface area contributed by atoms with Gasteiger partial charge >= 0.3 is 18.9 Å². The van der Waals surface area contributed by atoms with Crippen LogP contribution in [0.2, 0.25) is 10.6 Å². The van der Waals surface area contributed by atoms with Gasteiger partial charge in [0.15, 0.2) is 0 Å². The van der Waals surface area contributed by atoms with Crippen molar-refractivity contribution in [3.8, 4) is 0 Å². The summed E-state index contributed by atoms with van der Waals surface area (Å²) in [5.74, 6) is -0.924. The molecule has 0 rings (SSSR count). The molecule has 0 aromatic rings. The van der Waals surface area contributed by atoms with Gasteiger partial charge in [-0.1, -0.05) is 53.7 Å². The minimum atomic E-state index is -0.462. The van der Waals surface area contributed by atoms with Crippen molar-refractivity contribution in [3.05, 3.63) is 25.3 Å². The molecule has 0 aromatic heterocycles. The van der Waals surface area contributed by atoms with E-state index in [-0.39, 0.29) is 20.1 Å². The van der Waals surface area contributed by atoms with Crippen LogP contribution in [0.1, 0.15) is 40.5 Å². The van der Waals surface area contributed by atoms with Gasteiger partial charge in [0.25, 0.3) is 0 Å². The maximum atomic E-state index is 11.4. The fourth-order valence-corrected chi connectivity index (χ4v) is 2.73. The van der Waals surface area contributed by atoms with E-state index >= 15 is 0 Å². The summed E-state index contributed by atoms with van der Waals surface area (Å²) in [6, 6.07) is 0. The summed E-state index contributed by atoms with van der Waals surface area (Å²) in [7, 11) is 1.62. The van der Waals surface area contributed by atoms with Crippen molar-refractivity contribution in [2.45, 2.75) is 51.2 Å². The molecule has 0 spiro atoms. The minimum Gasteiger partial charge on any atom is -0.463 e. The van der Waals surface area contributed by atoms with Gasteiger partial charge in [-0.05, 0) is 0 Å². The van der Waals surface area contributed by atoms with Crippen LogP contribution in [0.3, 0.4) is 0 Å². The largest absolute Gasteiger partial charge is 0.463 e. The van der Waals surface area contributed by atoms with E-state index in [0.29, 0.717) is 0 Å². The molecule has 0 aliphatic carbocycles. The topological polar surface area (TPSA) is 61.8 Å². The van der Waals surface area contributed by atoms with Crippen molar-refractivity contribution in [3.63, 3.8) is 0 Å². The zero-order valence-electron chi connectivity index (χ0n) is 15.0. The van der Waals surface area contributed by atoms with Gasteiger partial charge in [0.2, 0.25) is 0 Å². The first-order valence-electron chi connectivity index (χ1n) is 7.84. The van der Waals surface area contributed by atoms with Gasteiger partial charge in [0.1, 0.15) is 0 Å². The molecule has 0 heterocycles. The summed E-state index contributed by atoms with van der Waals surface area (Å²) in [6.07, 6.45) is 3.76. The molecular weight excluding hydrogens is 295 g/mol. The Hall–Kier alpha value is -1.56. The molecule has 2 atom stereocenters. The Morgan fingerprint density at radius 2 is 1.30 bits per heavy atom. The van der Waals surface area contributed by atoms with E-state index in [0.717, 1.165) is 25.0 Å². The lowest BCUT2D eigenvalue weighted by Gasteiger charge is -2.42. The Labute approximate surface area is 140 Å². The zero-order chi connectivity index (χ0) is 18.1. The van der Waals surface area contributed by atoms with E-state index in [1.807, 2.05) is 27.7 Å². The SMILES string of the molecule is C=CC(=O)OCC(C)(CC)B(OC)C(C)(CC)COC(=O)C=C. The van der Waals surface area contributed by atoms with E-state index in [2.05, 4.69) is 13.2 Å². The molecule has 2 unspecified atom stereocenters. The Morgan fingerprint density at radius 1 is 0.957 bits per heavy atom. The Kier molecular flexibility index (Phi) is 8.91. The molecule has 0 saturated heterocycles. The van der Waals surface area contributed by atoms with Crippen molar-refractivity contribution in [1.82, 2.24) is 0 Å². The smallest absolute Gasteiger partial charge is 0.330 e. The summed E-state index contributed by atoms with van der Waals surface area (Å²) < 4.78 is 16.3. The van der Waals surface area contributed by atoms with Crippen LogP contribution in [0.25, 0.3) is 0 Å². The van der Waals surface area contributed by atoms with E-state index in [9.17, 15) is 9.59 Å². The first-order chi connectivity index (χ1) is 10.7. The van der Waals surface area contributed by atoms with E-state index < -0.39 is 22.6 Å². The second-order valence-corrected chi connectivity index (χ2v) is 6.25. The average Bonchev–Trinajstić information content (AvgIpc) is 2.57. The number of rotatable bonds is 11. The molecule has 0 bridgehead atoms. The highest BCUT2D eigenvalue weighted by molar-refractivity contribution is 6.59. The quantitative estimate of drug-likeness (QED) is 0.331. The predicted octanol–water partition coefficient (Wildman–Crippen LogP) is 3.42. The van der Waals surface area contributed by atoms with Crippen LogP contribution >= 0.6 is 0 Å². The van der Waals surface area contributed by atoms with Crippen LogP contribution in [0.15, 0.2) is 25.3 Å². The number of hydrogen-bond acceptors (Lipinski definition) is 5. The molecule has 23 heavy (non-hydrogen) atoms. The van der Waals surface area contributed by atoms with Crippen LogP contribution in [-0.4, -0.2) is 39.2 Å². The van der Waals surface area contributed by atoms with Crippen molar-refractivity contribution in [2.24, 2.45) is 0 Å². The molecule has 6 heteroatoms. The Bertz CT molecular complexity index is 399. The van der Waals surface area contributed by atoms with Crippen molar-refractivity contribution in [2.75, 3.05) is 20.3 Å². The van der Waals surface area contributed by atoms with Crippen LogP contribution in [-0.2, 0) is 23.7 Å². The second-order valence-electron chi connectivity index (χ2n) is 6.25. The van der Waals surface area contributed by atoms with Gasteiger partial charge in [-0.15, -0.1) is 0 Å². The number of carbonyl (C=O) groups is 2. The first kappa shape index (κ1) is 21.4. The normalized spacial score (nSPS) is 15.7. The molecule has 0 aliphatic heterocycles. The number of carbonyl (C=O) groups excluding carboxylic acids is 2. The number of esters is 2. The third-order valence-electron chi connectivity index (χ3n) is 4.54. The lowest BCUT2D eigenvalue weighted by molar-refractivity contribution is -0.139. The third-order valence-corrected chi connectivity index (χ3v) is 4.54. The molecule has 0 aromatic carbocycles. The van der Waals surface area contributed by atoms with Gasteiger partial charge in [-0.25, -0.2) is 9.59 Å². The monoisotopic (exact) mass is 324 g/mol. The van der Waals surface area contributed by atoms with Gasteiger partial charge < -0.3 is 14.1 Å². The fourth-order valence-electron chi connectivity index (χ4n) is 2.73. The Balaban J connectivity index is 5.33. The van der Waals surface area contributed by atoms with Crippen LogP contribution in [0.5, 0.6) is 0 Å². The minimum absolute atomic E-state index is 0.206. The van der Waals surface area contributed by atoms with Crippen LogP contribution in [0.4, 0.5) is 0 Å². The Morgan fingerprint density at radius 3 is 1.52 bits per heavy atom. The first-order valence-corrected chi connectivity index (χ1v) is 7.84. The zero-order valence-corrected chi connectivity index (χ0v) is 15.0. The summed E-state index contributed by atoms with van der Waals surface area (Å²) >= 11 is 0. The molecule has 0 radical (unpaired) electrons. The molecule has 0 aliphatic rings. The summed E-state index contributed by atoms with van der Waals surface area (Å²) in [6.45, 7) is 15.0. The maximum Gasteiger partial charge on any atom is 0.330 e. The second kappa shape index (κ2) is 9.55. The van der Waals surface area contributed by atoms with Gasteiger partial charge in [0.05, 0.1) is 13.2 Å². The van der Waals surface area contributed by atoms with Gasteiger partial charge in [0, 0.05) is 29.9 Å². The highest BCUT2D eigenvalue weighted by Gasteiger charge is 2.50. The van der Waals surface area contributed by atoms with Gasteiger partial charge in [-0.2, -0.15) is 0 Å². The highest BCUT2D eigenvalue weighted by atomic mass is 16.5. The molecule has 0 N–H and O–H groups in total. The standard InChI is InChI=1S/C17H29BO5/c1-8-14(19)22-12-16(5,10-3)18(21-7)17(6,11-4)13-23-15(20)9-2/h8-9H,1-2,10-13H2,3-7H3. The highest BCUT2D eigenvalue weighted by Crippen LogP contribution is 2.48. The van der Waals surface area contributed by atoms with E-state index in [4.69, 9.17) is 14.1 Å². The molecule has 130 valence electrons. The summed E-state index contributed by atoms with van der Waals surface area (Å²) in [5, 5.41) is -0.836. The lowest BCUT2D eigenvalue weighted by Crippen LogP contribution is -2.47. The fraction of sp³-hybridized carbons (Fsp3) is 0.647. The van der Waals surface area contributed by atoms with Crippen molar-refractivity contribution in [1.29, 1.82) is 0 Å². The van der Waals surface area contributed by atoms with Crippen LogP contribution < -0.4 is 0 Å². The number of hydrogen-bond donors (Lipinski definition) is 0. The predicted molar refractivity (Wildman–Crippen MR) is 92.4 cm³/mol. The van der Waals surface area contributed by atoms with Gasteiger partial charge in [-0.3, -0.25) is 0 Å². The van der Waals surface area contributed by atoms with E-state index in [1.165, 1.54) is 0 Å². The molecule has 0 saturated carbocycles. The van der Waals surface area contributed by atoms with E-state index in [1.54, 1.807) is 7.11 Å². The maximum absolute atomic E-state index is 11.4. The van der Waals surface area contributed by atoms with Crippen LogP contribution in [0, 0.1) is 0 Å². The average molecular weight is 324 g/mol. The lowest BCUT2D eigenvalue weighted by atomic mass is 9.32. The summed E-state index contributed by atoms with van der Waals surface area (Å²) in [5.41, 5.74) is 0. The van der Waals surface area contributed by atoms with Crippen molar-refractivity contribution >= 4 is 18.9 Å².